The van der Waals surface area contributed by atoms with Crippen molar-refractivity contribution in [1.29, 1.82) is 0 Å². The minimum absolute atomic E-state index is 0. The molecule has 1 N–H and O–H groups in total. The second-order valence-corrected chi connectivity index (χ2v) is 8.38. The van der Waals surface area contributed by atoms with Gasteiger partial charge in [-0.15, -0.1) is 24.0 Å². The van der Waals surface area contributed by atoms with Gasteiger partial charge in [0.25, 0.3) is 0 Å². The Labute approximate surface area is 198 Å². The highest BCUT2D eigenvalue weighted by Gasteiger charge is 2.31. The number of morpholine rings is 1. The van der Waals surface area contributed by atoms with Crippen molar-refractivity contribution < 1.29 is 9.15 Å². The van der Waals surface area contributed by atoms with Gasteiger partial charge in [-0.3, -0.25) is 14.8 Å². The standard InChI is InChI=1S/C22H37N5O2.HI/c1-2-25-10-3-5-19(25)17-24-22(23-9-7-21-6-4-14-29-21)27-11-8-20(18-27)26-12-15-28-16-13-26;/h4,6,14,19-20H,2-3,5,7-13,15-18H2,1H3,(H,23,24);1H. The van der Waals surface area contributed by atoms with E-state index in [0.717, 1.165) is 77.2 Å². The Balaban J connectivity index is 0.00000256. The predicted molar refractivity (Wildman–Crippen MR) is 131 cm³/mol. The molecule has 0 amide bonds. The molecule has 2 unspecified atom stereocenters. The van der Waals surface area contributed by atoms with Crippen LogP contribution in [0.1, 0.15) is 31.9 Å². The van der Waals surface area contributed by atoms with Crippen LogP contribution in [0.15, 0.2) is 27.8 Å². The zero-order valence-electron chi connectivity index (χ0n) is 18.3. The maximum atomic E-state index is 5.53. The molecule has 7 nitrogen and oxygen atoms in total. The van der Waals surface area contributed by atoms with E-state index in [1.54, 1.807) is 6.26 Å². The van der Waals surface area contributed by atoms with Crippen molar-refractivity contribution in [3.05, 3.63) is 24.2 Å². The lowest BCUT2D eigenvalue weighted by molar-refractivity contribution is 0.0195. The molecule has 0 radical (unpaired) electrons. The summed E-state index contributed by atoms with van der Waals surface area (Å²) in [6.07, 6.45) is 6.42. The van der Waals surface area contributed by atoms with E-state index in [1.807, 2.05) is 12.1 Å². The van der Waals surface area contributed by atoms with Crippen LogP contribution < -0.4 is 5.32 Å². The Hall–Kier alpha value is -0.840. The third-order valence-electron chi connectivity index (χ3n) is 6.62. The lowest BCUT2D eigenvalue weighted by Crippen LogP contribution is -2.47. The number of aliphatic imine (C=N–C) groups is 1. The fraction of sp³-hybridized carbons (Fsp3) is 0.773. The van der Waals surface area contributed by atoms with Crippen molar-refractivity contribution in [3.63, 3.8) is 0 Å². The number of likely N-dealkylation sites (N-methyl/N-ethyl adjacent to an activating group) is 1. The SMILES string of the molecule is CCN1CCCC1CN=C(NCCc1ccco1)N1CCC(N2CCOCC2)C1.I. The van der Waals surface area contributed by atoms with Gasteiger partial charge in [0.2, 0.25) is 0 Å². The zero-order valence-corrected chi connectivity index (χ0v) is 20.6. The van der Waals surface area contributed by atoms with E-state index in [2.05, 4.69) is 26.9 Å². The van der Waals surface area contributed by atoms with Crippen LogP contribution in [-0.2, 0) is 11.2 Å². The summed E-state index contributed by atoms with van der Waals surface area (Å²) in [4.78, 5) is 12.7. The summed E-state index contributed by atoms with van der Waals surface area (Å²) >= 11 is 0. The highest BCUT2D eigenvalue weighted by molar-refractivity contribution is 14.0. The number of hydrogen-bond acceptors (Lipinski definition) is 5. The Kier molecular flexibility index (Phi) is 9.73. The lowest BCUT2D eigenvalue weighted by atomic mass is 10.2. The van der Waals surface area contributed by atoms with Gasteiger partial charge in [0.15, 0.2) is 5.96 Å². The molecule has 8 heteroatoms. The summed E-state index contributed by atoms with van der Waals surface area (Å²) in [6, 6.07) is 5.21. The van der Waals surface area contributed by atoms with Gasteiger partial charge in [-0.2, -0.15) is 0 Å². The topological polar surface area (TPSA) is 56.5 Å². The second kappa shape index (κ2) is 12.3. The molecule has 3 aliphatic heterocycles. The monoisotopic (exact) mass is 531 g/mol. The van der Waals surface area contributed by atoms with E-state index in [-0.39, 0.29) is 24.0 Å². The molecular weight excluding hydrogens is 493 g/mol. The van der Waals surface area contributed by atoms with E-state index < -0.39 is 0 Å². The van der Waals surface area contributed by atoms with Gasteiger partial charge < -0.3 is 19.4 Å². The fourth-order valence-electron chi connectivity index (χ4n) is 4.90. The normalized spacial score (nSPS) is 26.2. The third-order valence-corrected chi connectivity index (χ3v) is 6.62. The lowest BCUT2D eigenvalue weighted by Gasteiger charge is -2.32. The van der Waals surface area contributed by atoms with Crippen LogP contribution >= 0.6 is 24.0 Å². The second-order valence-electron chi connectivity index (χ2n) is 8.38. The summed E-state index contributed by atoms with van der Waals surface area (Å²) in [6.45, 7) is 12.4. The molecule has 0 bridgehead atoms. The molecule has 3 saturated heterocycles. The third kappa shape index (κ3) is 6.34. The molecule has 3 fully saturated rings. The largest absolute Gasteiger partial charge is 0.469 e. The van der Waals surface area contributed by atoms with Crippen LogP contribution in [0.3, 0.4) is 0 Å². The van der Waals surface area contributed by atoms with Gasteiger partial charge >= 0.3 is 0 Å². The molecule has 0 spiro atoms. The number of hydrogen-bond donors (Lipinski definition) is 1. The van der Waals surface area contributed by atoms with E-state index in [1.165, 1.54) is 25.8 Å². The van der Waals surface area contributed by atoms with Crippen LogP contribution in [-0.4, -0.2) is 98.3 Å². The summed E-state index contributed by atoms with van der Waals surface area (Å²) < 4.78 is 11.0. The number of rotatable bonds is 7. The molecule has 0 aliphatic carbocycles. The van der Waals surface area contributed by atoms with Crippen molar-refractivity contribution in [2.24, 2.45) is 4.99 Å². The first kappa shape index (κ1) is 23.8. The number of nitrogens with one attached hydrogen (secondary N) is 1. The van der Waals surface area contributed by atoms with Crippen molar-refractivity contribution in [2.45, 2.75) is 44.7 Å². The molecule has 0 aromatic carbocycles. The average Bonchev–Trinajstić information content (AvgIpc) is 3.53. The molecule has 170 valence electrons. The number of furan rings is 1. The highest BCUT2D eigenvalue weighted by atomic mass is 127. The molecule has 3 aliphatic rings. The fourth-order valence-corrected chi connectivity index (χ4v) is 4.90. The number of likely N-dealkylation sites (tertiary alicyclic amines) is 2. The predicted octanol–water partition coefficient (Wildman–Crippen LogP) is 2.28. The summed E-state index contributed by atoms with van der Waals surface area (Å²) in [5.74, 6) is 2.10. The molecule has 1 aromatic heterocycles. The first-order valence-corrected chi connectivity index (χ1v) is 11.4. The molecule has 30 heavy (non-hydrogen) atoms. The summed E-state index contributed by atoms with van der Waals surface area (Å²) in [5.41, 5.74) is 0. The Bertz CT molecular complexity index is 635. The van der Waals surface area contributed by atoms with E-state index in [9.17, 15) is 0 Å². The quantitative estimate of drug-likeness (QED) is 0.331. The maximum absolute atomic E-state index is 5.53. The number of guanidine groups is 1. The van der Waals surface area contributed by atoms with Gasteiger partial charge in [0.05, 0.1) is 26.0 Å². The summed E-state index contributed by atoms with van der Waals surface area (Å²) in [7, 11) is 0. The van der Waals surface area contributed by atoms with Crippen LogP contribution in [0.25, 0.3) is 0 Å². The Morgan fingerprint density at radius 3 is 2.83 bits per heavy atom. The van der Waals surface area contributed by atoms with Crippen LogP contribution in [0.4, 0.5) is 0 Å². The molecule has 4 rings (SSSR count). The summed E-state index contributed by atoms with van der Waals surface area (Å²) in [5, 5.41) is 3.63. The van der Waals surface area contributed by atoms with Gasteiger partial charge in [-0.25, -0.2) is 0 Å². The number of halogens is 1. The van der Waals surface area contributed by atoms with Crippen molar-refractivity contribution >= 4 is 29.9 Å². The number of nitrogens with zero attached hydrogens (tertiary/aromatic N) is 4. The van der Waals surface area contributed by atoms with Gasteiger partial charge in [0, 0.05) is 51.2 Å². The van der Waals surface area contributed by atoms with Crippen LogP contribution in [0.2, 0.25) is 0 Å². The van der Waals surface area contributed by atoms with E-state index in [4.69, 9.17) is 14.1 Å². The Morgan fingerprint density at radius 1 is 1.20 bits per heavy atom. The van der Waals surface area contributed by atoms with Crippen LogP contribution in [0, 0.1) is 0 Å². The molecule has 0 saturated carbocycles. The minimum Gasteiger partial charge on any atom is -0.469 e. The minimum atomic E-state index is 0. The smallest absolute Gasteiger partial charge is 0.194 e. The first-order valence-electron chi connectivity index (χ1n) is 11.4. The van der Waals surface area contributed by atoms with Crippen LogP contribution in [0.5, 0.6) is 0 Å². The van der Waals surface area contributed by atoms with Crippen molar-refractivity contribution in [1.82, 2.24) is 20.0 Å². The van der Waals surface area contributed by atoms with E-state index in [0.29, 0.717) is 12.1 Å². The average molecular weight is 531 g/mol. The first-order chi connectivity index (χ1) is 14.3. The number of ether oxygens (including phenoxy) is 1. The molecule has 4 heterocycles. The van der Waals surface area contributed by atoms with Crippen molar-refractivity contribution in [3.8, 4) is 0 Å². The van der Waals surface area contributed by atoms with E-state index >= 15 is 0 Å². The highest BCUT2D eigenvalue weighted by Crippen LogP contribution is 2.19. The molecule has 2 atom stereocenters. The maximum Gasteiger partial charge on any atom is 0.194 e. The van der Waals surface area contributed by atoms with Gasteiger partial charge in [-0.05, 0) is 44.5 Å². The molecular formula is C22H38IN5O2. The van der Waals surface area contributed by atoms with Crippen molar-refractivity contribution in [2.75, 3.05) is 65.6 Å². The molecule has 1 aromatic rings. The Morgan fingerprint density at radius 2 is 2.07 bits per heavy atom. The van der Waals surface area contributed by atoms with Gasteiger partial charge in [0.1, 0.15) is 5.76 Å². The van der Waals surface area contributed by atoms with Gasteiger partial charge in [-0.1, -0.05) is 6.92 Å². The zero-order chi connectivity index (χ0) is 19.9.